The molecule has 31 heavy (non-hydrogen) atoms. The van der Waals surface area contributed by atoms with E-state index in [1.807, 2.05) is 17.1 Å². The average Bonchev–Trinajstić information content (AvgIpc) is 3.24. The fourth-order valence-electron chi connectivity index (χ4n) is 4.63. The van der Waals surface area contributed by atoms with Gasteiger partial charge in [-0.25, -0.2) is 0 Å². The highest BCUT2D eigenvalue weighted by Crippen LogP contribution is 2.37. The van der Waals surface area contributed by atoms with Gasteiger partial charge in [-0.15, -0.1) is 0 Å². The van der Waals surface area contributed by atoms with Crippen molar-refractivity contribution in [2.24, 2.45) is 5.10 Å². The van der Waals surface area contributed by atoms with Crippen LogP contribution in [-0.2, 0) is 6.42 Å². The number of benzene rings is 2. The number of fused-ring (bicyclic) bond motifs is 2. The summed E-state index contributed by atoms with van der Waals surface area (Å²) in [4.78, 5) is 13.5. The van der Waals surface area contributed by atoms with E-state index in [2.05, 4.69) is 0 Å². The third-order valence-corrected chi connectivity index (χ3v) is 6.92. The van der Waals surface area contributed by atoms with E-state index in [4.69, 9.17) is 39.9 Å². The van der Waals surface area contributed by atoms with Crippen LogP contribution >= 0.6 is 34.8 Å². The van der Waals surface area contributed by atoms with Gasteiger partial charge >= 0.3 is 0 Å². The van der Waals surface area contributed by atoms with Gasteiger partial charge in [-0.1, -0.05) is 40.9 Å². The summed E-state index contributed by atoms with van der Waals surface area (Å²) >= 11 is 18.7. The van der Waals surface area contributed by atoms with Gasteiger partial charge in [-0.3, -0.25) is 9.80 Å². The van der Waals surface area contributed by atoms with Crippen molar-refractivity contribution in [1.82, 2.24) is 9.74 Å². The molecule has 1 aliphatic carbocycles. The van der Waals surface area contributed by atoms with Crippen LogP contribution < -0.4 is 5.43 Å². The number of hydrogen-bond donors (Lipinski definition) is 1. The molecule has 0 spiro atoms. The molecule has 1 N–H and O–H groups in total. The van der Waals surface area contributed by atoms with E-state index in [9.17, 15) is 10.0 Å². The Morgan fingerprint density at radius 1 is 0.968 bits per heavy atom. The zero-order chi connectivity index (χ0) is 21.7. The average molecular weight is 477 g/mol. The molecular weight excluding hydrogens is 457 g/mol. The Hall–Kier alpha value is -2.21. The van der Waals surface area contributed by atoms with Crippen molar-refractivity contribution in [3.8, 4) is 0 Å². The first-order chi connectivity index (χ1) is 14.9. The molecule has 1 atom stereocenters. The highest BCUT2D eigenvalue weighted by molar-refractivity contribution is 6.35. The second-order valence-corrected chi connectivity index (χ2v) is 9.38. The maximum atomic E-state index is 13.5. The fraction of sp³-hybridized carbons (Fsp3) is 0.304. The van der Waals surface area contributed by atoms with Crippen molar-refractivity contribution >= 4 is 51.4 Å². The van der Waals surface area contributed by atoms with Gasteiger partial charge in [-0.2, -0.15) is 9.83 Å². The maximum Gasteiger partial charge on any atom is 0.199 e. The summed E-state index contributed by atoms with van der Waals surface area (Å²) in [5.41, 5.74) is 2.88. The van der Waals surface area contributed by atoms with Crippen molar-refractivity contribution in [1.29, 1.82) is 0 Å². The van der Waals surface area contributed by atoms with E-state index < -0.39 is 0 Å². The molecule has 5 nitrogen and oxygen atoms in total. The van der Waals surface area contributed by atoms with Gasteiger partial charge in [0, 0.05) is 28.2 Å². The smallest absolute Gasteiger partial charge is 0.199 e. The van der Waals surface area contributed by atoms with Crippen LogP contribution in [0.1, 0.15) is 42.0 Å². The lowest BCUT2D eigenvalue weighted by atomic mass is 9.80. The highest BCUT2D eigenvalue weighted by atomic mass is 35.5. The number of nitrogens with zero attached hydrogens (tertiary/aromatic N) is 3. The van der Waals surface area contributed by atoms with Gasteiger partial charge in [0.2, 0.25) is 0 Å². The Labute approximate surface area is 194 Å². The fourth-order valence-corrected chi connectivity index (χ4v) is 5.37. The molecule has 0 bridgehead atoms. The number of hydrogen-bond acceptors (Lipinski definition) is 4. The van der Waals surface area contributed by atoms with E-state index in [0.29, 0.717) is 55.8 Å². The van der Waals surface area contributed by atoms with Crippen molar-refractivity contribution < 1.29 is 5.21 Å². The molecule has 0 radical (unpaired) electrons. The predicted molar refractivity (Wildman–Crippen MR) is 125 cm³/mol. The van der Waals surface area contributed by atoms with Gasteiger partial charge < -0.3 is 5.21 Å². The molecule has 1 aromatic heterocycles. The van der Waals surface area contributed by atoms with E-state index in [1.165, 1.54) is 0 Å². The van der Waals surface area contributed by atoms with Crippen molar-refractivity contribution in [2.45, 2.75) is 31.6 Å². The number of halogens is 3. The predicted octanol–water partition coefficient (Wildman–Crippen LogP) is 5.73. The van der Waals surface area contributed by atoms with Crippen LogP contribution in [0.3, 0.4) is 0 Å². The largest absolute Gasteiger partial charge is 0.428 e. The van der Waals surface area contributed by atoms with Crippen LogP contribution in [0.4, 0.5) is 0 Å². The van der Waals surface area contributed by atoms with Crippen LogP contribution in [-0.4, -0.2) is 33.7 Å². The molecule has 0 amide bonds. The van der Waals surface area contributed by atoms with Crippen molar-refractivity contribution in [3.05, 3.63) is 78.5 Å². The summed E-state index contributed by atoms with van der Waals surface area (Å²) in [7, 11) is 0. The Morgan fingerprint density at radius 2 is 1.68 bits per heavy atom. The minimum absolute atomic E-state index is 0.0406. The SMILES string of the molecule is O=c1c2c(n(O)c3ccc(Cl)cc13)CC(c1ccc(Cl)cc1Cl)C/C2=N\N1CCCC1. The summed E-state index contributed by atoms with van der Waals surface area (Å²) in [6.07, 6.45) is 3.16. The van der Waals surface area contributed by atoms with Crippen molar-refractivity contribution in [3.63, 3.8) is 0 Å². The number of aromatic nitrogens is 1. The lowest BCUT2D eigenvalue weighted by Crippen LogP contribution is -2.32. The van der Waals surface area contributed by atoms with Gasteiger partial charge in [0.1, 0.15) is 0 Å². The third kappa shape index (κ3) is 3.69. The number of hydrazone groups is 1. The normalized spacial score (nSPS) is 19.9. The highest BCUT2D eigenvalue weighted by Gasteiger charge is 2.32. The number of rotatable bonds is 2. The molecule has 1 unspecified atom stereocenters. The second kappa shape index (κ2) is 8.05. The third-order valence-electron chi connectivity index (χ3n) is 6.12. The first-order valence-electron chi connectivity index (χ1n) is 10.3. The monoisotopic (exact) mass is 475 g/mol. The Kier molecular flexibility index (Phi) is 5.37. The molecule has 2 heterocycles. The van der Waals surface area contributed by atoms with Crippen LogP contribution in [0.2, 0.25) is 15.1 Å². The Balaban J connectivity index is 1.73. The standard InChI is InChI=1S/C23H20Cl3N3O2/c24-14-4-6-20-17(11-14)23(30)22-19(27-28-7-1-2-8-28)9-13(10-21(22)29(20)31)16-5-3-15(25)12-18(16)26/h3-6,11-13,31H,1-2,7-10H2/b27-19+. The Bertz CT molecular complexity index is 1280. The van der Waals surface area contributed by atoms with Crippen LogP contribution in [0.5, 0.6) is 0 Å². The van der Waals surface area contributed by atoms with E-state index in [0.717, 1.165) is 36.2 Å². The molecule has 1 aliphatic heterocycles. The van der Waals surface area contributed by atoms with Crippen LogP contribution in [0, 0.1) is 0 Å². The quantitative estimate of drug-likeness (QED) is 0.481. The first kappa shape index (κ1) is 20.7. The first-order valence-corrected chi connectivity index (χ1v) is 11.4. The molecular formula is C23H20Cl3N3O2. The van der Waals surface area contributed by atoms with E-state index in [-0.39, 0.29) is 11.3 Å². The minimum Gasteiger partial charge on any atom is -0.428 e. The van der Waals surface area contributed by atoms with Gasteiger partial charge in [0.25, 0.3) is 0 Å². The summed E-state index contributed by atoms with van der Waals surface area (Å²) < 4.78 is 1.11. The number of pyridine rings is 1. The molecule has 1 saturated heterocycles. The lowest BCUT2D eigenvalue weighted by Gasteiger charge is -2.29. The summed E-state index contributed by atoms with van der Waals surface area (Å²) in [6, 6.07) is 10.4. The van der Waals surface area contributed by atoms with Gasteiger partial charge in [-0.05, 0) is 67.5 Å². The Morgan fingerprint density at radius 3 is 2.42 bits per heavy atom. The van der Waals surface area contributed by atoms with Crippen LogP contribution in [0.25, 0.3) is 10.9 Å². The maximum absolute atomic E-state index is 13.5. The van der Waals surface area contributed by atoms with Gasteiger partial charge in [0.15, 0.2) is 5.43 Å². The minimum atomic E-state index is -0.156. The molecule has 0 saturated carbocycles. The molecule has 2 aromatic carbocycles. The van der Waals surface area contributed by atoms with Crippen molar-refractivity contribution in [2.75, 3.05) is 13.1 Å². The zero-order valence-electron chi connectivity index (χ0n) is 16.6. The zero-order valence-corrected chi connectivity index (χ0v) is 18.9. The van der Waals surface area contributed by atoms with E-state index >= 15 is 0 Å². The van der Waals surface area contributed by atoms with Gasteiger partial charge in [0.05, 0.1) is 27.9 Å². The second-order valence-electron chi connectivity index (χ2n) is 8.10. The molecule has 5 rings (SSSR count). The summed E-state index contributed by atoms with van der Waals surface area (Å²) in [5, 5.41) is 19.9. The van der Waals surface area contributed by atoms with Crippen LogP contribution in [0.15, 0.2) is 46.3 Å². The topological polar surface area (TPSA) is 57.8 Å². The van der Waals surface area contributed by atoms with E-state index in [1.54, 1.807) is 24.3 Å². The molecule has 2 aliphatic rings. The summed E-state index contributed by atoms with van der Waals surface area (Å²) in [5.74, 6) is -0.0406. The summed E-state index contributed by atoms with van der Waals surface area (Å²) in [6.45, 7) is 1.72. The molecule has 160 valence electrons. The molecule has 8 heteroatoms. The lowest BCUT2D eigenvalue weighted by molar-refractivity contribution is 0.186. The molecule has 1 fully saturated rings. The molecule has 3 aromatic rings.